The van der Waals surface area contributed by atoms with Gasteiger partial charge in [0.25, 0.3) is 0 Å². The number of amides is 1. The van der Waals surface area contributed by atoms with Crippen molar-refractivity contribution in [2.75, 3.05) is 37.7 Å². The van der Waals surface area contributed by atoms with Crippen LogP contribution in [0.2, 0.25) is 0 Å². The van der Waals surface area contributed by atoms with E-state index >= 15 is 4.39 Å². The van der Waals surface area contributed by atoms with E-state index in [4.69, 9.17) is 4.74 Å². The Labute approximate surface area is 183 Å². The number of nitrogens with zero attached hydrogens (tertiary/aromatic N) is 4. The number of rotatable bonds is 5. The zero-order chi connectivity index (χ0) is 22.9. The zero-order valence-corrected chi connectivity index (χ0v) is 17.9. The molecule has 1 spiro atoms. The summed E-state index contributed by atoms with van der Waals surface area (Å²) in [4.78, 5) is 24.0. The molecule has 2 aliphatic heterocycles. The molecule has 2 aromatic rings. The smallest absolute Gasteiger partial charge is 0.409 e. The standard InChI is InChI=1S/C22H26F4N4O2/c1-2-3-10-32-20(31)29-8-6-21(7-9-29)12-30(13-21)19-17-16(27-14-28-19)5-4-15(18(17)23)11-22(24,25)26/h4-5,14H,2-3,6-13H2,1H3. The number of halogens is 4. The molecule has 0 N–H and O–H groups in total. The number of ether oxygens (including phenoxy) is 1. The lowest BCUT2D eigenvalue weighted by Crippen LogP contribution is -2.61. The summed E-state index contributed by atoms with van der Waals surface area (Å²) < 4.78 is 58.8. The predicted octanol–water partition coefficient (Wildman–Crippen LogP) is 4.71. The highest BCUT2D eigenvalue weighted by atomic mass is 19.4. The topological polar surface area (TPSA) is 58.6 Å². The van der Waals surface area contributed by atoms with Gasteiger partial charge in [-0.25, -0.2) is 19.2 Å². The molecule has 0 radical (unpaired) electrons. The maximum absolute atomic E-state index is 15.0. The van der Waals surface area contributed by atoms with Crippen molar-refractivity contribution in [1.82, 2.24) is 14.9 Å². The fourth-order valence-electron chi connectivity index (χ4n) is 4.52. The number of hydrogen-bond donors (Lipinski definition) is 0. The molecular formula is C22H26F4N4O2. The summed E-state index contributed by atoms with van der Waals surface area (Å²) in [6.07, 6.45) is -1.44. The number of anilines is 1. The Morgan fingerprint density at radius 3 is 2.56 bits per heavy atom. The second-order valence-corrected chi connectivity index (χ2v) is 8.73. The lowest BCUT2D eigenvalue weighted by molar-refractivity contribution is -0.127. The summed E-state index contributed by atoms with van der Waals surface area (Å²) in [7, 11) is 0. The second kappa shape index (κ2) is 8.71. The number of carbonyl (C=O) groups excluding carboxylic acids is 1. The Hall–Kier alpha value is -2.65. The van der Waals surface area contributed by atoms with Crippen LogP contribution in [0.5, 0.6) is 0 Å². The Bertz CT molecular complexity index is 982. The summed E-state index contributed by atoms with van der Waals surface area (Å²) in [5.41, 5.74) is -0.146. The van der Waals surface area contributed by atoms with Crippen molar-refractivity contribution in [2.24, 2.45) is 5.41 Å². The van der Waals surface area contributed by atoms with E-state index in [1.807, 2.05) is 11.8 Å². The number of fused-ring (bicyclic) bond motifs is 1. The van der Waals surface area contributed by atoms with Crippen LogP contribution in [0.1, 0.15) is 38.2 Å². The molecule has 0 unspecified atom stereocenters. The van der Waals surface area contributed by atoms with Gasteiger partial charge in [-0.05, 0) is 30.9 Å². The molecule has 32 heavy (non-hydrogen) atoms. The number of alkyl halides is 3. The molecule has 174 valence electrons. The van der Waals surface area contributed by atoms with E-state index < -0.39 is 24.0 Å². The molecule has 2 saturated heterocycles. The molecule has 10 heteroatoms. The molecule has 0 aliphatic carbocycles. The number of carbonyl (C=O) groups is 1. The fraction of sp³-hybridized carbons (Fsp3) is 0.591. The van der Waals surface area contributed by atoms with Crippen molar-refractivity contribution in [2.45, 2.75) is 45.2 Å². The van der Waals surface area contributed by atoms with E-state index in [9.17, 15) is 18.0 Å². The third-order valence-corrected chi connectivity index (χ3v) is 6.35. The van der Waals surface area contributed by atoms with Gasteiger partial charge in [0.05, 0.1) is 23.9 Å². The van der Waals surface area contributed by atoms with Gasteiger partial charge in [0, 0.05) is 31.6 Å². The van der Waals surface area contributed by atoms with Crippen LogP contribution in [0, 0.1) is 11.2 Å². The van der Waals surface area contributed by atoms with Crippen molar-refractivity contribution < 1.29 is 27.1 Å². The van der Waals surface area contributed by atoms with Gasteiger partial charge >= 0.3 is 12.3 Å². The van der Waals surface area contributed by atoms with Crippen LogP contribution in [0.25, 0.3) is 10.9 Å². The first-order valence-corrected chi connectivity index (χ1v) is 10.9. The average molecular weight is 454 g/mol. The second-order valence-electron chi connectivity index (χ2n) is 8.73. The SMILES string of the molecule is CCCCOC(=O)N1CCC2(CC1)CN(c1ncnc3ccc(CC(F)(F)F)c(F)c13)C2. The lowest BCUT2D eigenvalue weighted by Gasteiger charge is -2.54. The highest BCUT2D eigenvalue weighted by Gasteiger charge is 2.46. The van der Waals surface area contributed by atoms with Crippen LogP contribution in [0.3, 0.4) is 0 Å². The number of hydrogen-bond acceptors (Lipinski definition) is 5. The van der Waals surface area contributed by atoms with Crippen molar-refractivity contribution in [3.05, 3.63) is 29.8 Å². The number of piperidine rings is 1. The fourth-order valence-corrected chi connectivity index (χ4v) is 4.52. The summed E-state index contributed by atoms with van der Waals surface area (Å²) >= 11 is 0. The van der Waals surface area contributed by atoms with E-state index in [-0.39, 0.29) is 22.4 Å². The predicted molar refractivity (Wildman–Crippen MR) is 111 cm³/mol. The van der Waals surface area contributed by atoms with E-state index in [1.165, 1.54) is 12.4 Å². The van der Waals surface area contributed by atoms with Gasteiger partial charge in [0.2, 0.25) is 0 Å². The van der Waals surface area contributed by atoms with E-state index in [2.05, 4.69) is 9.97 Å². The van der Waals surface area contributed by atoms with Gasteiger partial charge in [0.1, 0.15) is 18.0 Å². The molecule has 1 aromatic heterocycles. The summed E-state index contributed by atoms with van der Waals surface area (Å²) in [5, 5.41) is 0.0287. The van der Waals surface area contributed by atoms with E-state index in [1.54, 1.807) is 4.90 Å². The van der Waals surface area contributed by atoms with Crippen molar-refractivity contribution >= 4 is 22.8 Å². The van der Waals surface area contributed by atoms with Crippen molar-refractivity contribution in [3.63, 3.8) is 0 Å². The summed E-state index contributed by atoms with van der Waals surface area (Å²) in [6, 6.07) is 2.54. The third kappa shape index (κ3) is 4.59. The Kier molecular flexibility index (Phi) is 6.13. The van der Waals surface area contributed by atoms with Gasteiger partial charge in [0.15, 0.2) is 0 Å². The lowest BCUT2D eigenvalue weighted by atomic mass is 9.72. The third-order valence-electron chi connectivity index (χ3n) is 6.35. The van der Waals surface area contributed by atoms with Crippen molar-refractivity contribution in [1.29, 1.82) is 0 Å². The molecule has 2 fully saturated rings. The van der Waals surface area contributed by atoms with Crippen LogP contribution in [-0.4, -0.2) is 59.9 Å². The largest absolute Gasteiger partial charge is 0.449 e. The molecule has 0 atom stereocenters. The monoisotopic (exact) mass is 454 g/mol. The molecule has 3 heterocycles. The number of benzene rings is 1. The normalized spacial score (nSPS) is 18.2. The Morgan fingerprint density at radius 1 is 1.19 bits per heavy atom. The highest BCUT2D eigenvalue weighted by Crippen LogP contribution is 2.44. The minimum absolute atomic E-state index is 0.0163. The zero-order valence-electron chi connectivity index (χ0n) is 17.9. The minimum Gasteiger partial charge on any atom is -0.449 e. The molecule has 0 saturated carbocycles. The van der Waals surface area contributed by atoms with Crippen molar-refractivity contribution in [3.8, 4) is 0 Å². The van der Waals surface area contributed by atoms with Gasteiger partial charge in [-0.15, -0.1) is 0 Å². The summed E-state index contributed by atoms with van der Waals surface area (Å²) in [6.45, 7) is 4.86. The molecular weight excluding hydrogens is 428 g/mol. The van der Waals surface area contributed by atoms with Crippen LogP contribution in [-0.2, 0) is 11.2 Å². The summed E-state index contributed by atoms with van der Waals surface area (Å²) in [5.74, 6) is -0.593. The van der Waals surface area contributed by atoms with Gasteiger partial charge in [-0.3, -0.25) is 0 Å². The molecule has 1 aromatic carbocycles. The van der Waals surface area contributed by atoms with Gasteiger partial charge < -0.3 is 14.5 Å². The first-order valence-electron chi connectivity index (χ1n) is 10.9. The van der Waals surface area contributed by atoms with E-state index in [0.29, 0.717) is 38.6 Å². The first-order chi connectivity index (χ1) is 15.2. The quantitative estimate of drug-likeness (QED) is 0.484. The molecule has 0 bridgehead atoms. The van der Waals surface area contributed by atoms with Gasteiger partial charge in [-0.1, -0.05) is 19.4 Å². The maximum atomic E-state index is 15.0. The highest BCUT2D eigenvalue weighted by molar-refractivity contribution is 5.91. The van der Waals surface area contributed by atoms with Crippen LogP contribution < -0.4 is 4.90 Å². The number of likely N-dealkylation sites (tertiary alicyclic amines) is 1. The van der Waals surface area contributed by atoms with Crippen LogP contribution >= 0.6 is 0 Å². The molecule has 2 aliphatic rings. The Balaban J connectivity index is 1.44. The Morgan fingerprint density at radius 2 is 1.91 bits per heavy atom. The molecule has 6 nitrogen and oxygen atoms in total. The molecule has 1 amide bonds. The average Bonchev–Trinajstić information content (AvgIpc) is 2.73. The number of aromatic nitrogens is 2. The number of unbranched alkanes of at least 4 members (excludes halogenated alkanes) is 1. The van der Waals surface area contributed by atoms with Crippen LogP contribution in [0.15, 0.2) is 18.5 Å². The minimum atomic E-state index is -4.50. The van der Waals surface area contributed by atoms with Gasteiger partial charge in [-0.2, -0.15) is 13.2 Å². The van der Waals surface area contributed by atoms with Crippen LogP contribution in [0.4, 0.5) is 28.2 Å². The van der Waals surface area contributed by atoms with E-state index in [0.717, 1.165) is 31.7 Å². The molecule has 4 rings (SSSR count). The first kappa shape index (κ1) is 22.5. The maximum Gasteiger partial charge on any atom is 0.409 e.